The highest BCUT2D eigenvalue weighted by Gasteiger charge is 2.42. The van der Waals surface area contributed by atoms with Gasteiger partial charge in [0.25, 0.3) is 5.95 Å². The van der Waals surface area contributed by atoms with Gasteiger partial charge in [-0.15, -0.1) is 0 Å². The molecule has 0 unspecified atom stereocenters. The molecule has 6 heteroatoms. The third-order valence-corrected chi connectivity index (χ3v) is 4.23. The number of aromatic nitrogens is 4. The van der Waals surface area contributed by atoms with E-state index in [1.54, 1.807) is 23.1 Å². The van der Waals surface area contributed by atoms with Gasteiger partial charge in [-0.2, -0.15) is 9.78 Å². The van der Waals surface area contributed by atoms with E-state index in [2.05, 4.69) is 41.2 Å². The third kappa shape index (κ3) is 3.41. The largest absolute Gasteiger partial charge is 0.310 e. The van der Waals surface area contributed by atoms with Crippen LogP contribution in [0.3, 0.4) is 0 Å². The Morgan fingerprint density at radius 1 is 1.39 bits per heavy atom. The fourth-order valence-corrected chi connectivity index (χ4v) is 2.80. The molecule has 2 aromatic heterocycles. The van der Waals surface area contributed by atoms with Gasteiger partial charge in [0.05, 0.1) is 5.69 Å². The van der Waals surface area contributed by atoms with E-state index in [4.69, 9.17) is 0 Å². The number of hydrogen-bond donors (Lipinski definition) is 1. The van der Waals surface area contributed by atoms with Crippen LogP contribution in [0.2, 0.25) is 0 Å². The molecule has 2 atom stereocenters. The molecule has 1 fully saturated rings. The summed E-state index contributed by atoms with van der Waals surface area (Å²) in [5, 5.41) is 7.56. The second kappa shape index (κ2) is 6.48. The smallest absolute Gasteiger partial charge is 0.252 e. The van der Waals surface area contributed by atoms with Crippen LogP contribution in [0.15, 0.2) is 24.5 Å². The van der Waals surface area contributed by atoms with Crippen LogP contribution in [0, 0.1) is 11.8 Å². The van der Waals surface area contributed by atoms with Crippen molar-refractivity contribution in [1.82, 2.24) is 19.7 Å². The number of amides is 1. The van der Waals surface area contributed by atoms with E-state index in [0.29, 0.717) is 17.7 Å². The lowest BCUT2D eigenvalue weighted by atomic mass is 10.1. The van der Waals surface area contributed by atoms with E-state index >= 15 is 0 Å². The maximum Gasteiger partial charge on any atom is 0.252 e. The first-order valence-corrected chi connectivity index (χ1v) is 8.28. The monoisotopic (exact) mass is 313 g/mol. The molecular weight excluding hydrogens is 290 g/mol. The van der Waals surface area contributed by atoms with E-state index in [-0.39, 0.29) is 17.7 Å². The quantitative estimate of drug-likeness (QED) is 0.889. The fourth-order valence-electron chi connectivity index (χ4n) is 2.80. The third-order valence-electron chi connectivity index (χ3n) is 4.23. The van der Waals surface area contributed by atoms with Gasteiger partial charge in [0.1, 0.15) is 5.82 Å². The van der Waals surface area contributed by atoms with Gasteiger partial charge in [0, 0.05) is 24.4 Å². The van der Waals surface area contributed by atoms with Crippen molar-refractivity contribution >= 4 is 11.7 Å². The van der Waals surface area contributed by atoms with Gasteiger partial charge in [-0.3, -0.25) is 4.79 Å². The summed E-state index contributed by atoms with van der Waals surface area (Å²) in [7, 11) is 0. The SMILES string of the molecule is CCC[C@@H]1C[C@H]1C(=O)Nc1cc(C(C)C)nn1-c1ncccn1. The Hall–Kier alpha value is -2.24. The lowest BCUT2D eigenvalue weighted by Gasteiger charge is -2.07. The van der Waals surface area contributed by atoms with Crippen LogP contribution < -0.4 is 5.32 Å². The van der Waals surface area contributed by atoms with Crippen LogP contribution in [0.1, 0.15) is 51.6 Å². The molecule has 1 amide bonds. The molecule has 0 aliphatic heterocycles. The Bertz CT molecular complexity index is 680. The Labute approximate surface area is 136 Å². The van der Waals surface area contributed by atoms with Crippen molar-refractivity contribution in [1.29, 1.82) is 0 Å². The molecule has 1 aliphatic rings. The highest BCUT2D eigenvalue weighted by Crippen LogP contribution is 2.42. The zero-order valence-corrected chi connectivity index (χ0v) is 13.9. The molecule has 23 heavy (non-hydrogen) atoms. The molecule has 1 saturated carbocycles. The zero-order chi connectivity index (χ0) is 16.4. The van der Waals surface area contributed by atoms with Gasteiger partial charge in [0.15, 0.2) is 0 Å². The average Bonchev–Trinajstić information content (AvgIpc) is 3.18. The molecule has 1 aliphatic carbocycles. The van der Waals surface area contributed by atoms with Crippen molar-refractivity contribution < 1.29 is 4.79 Å². The van der Waals surface area contributed by atoms with Gasteiger partial charge in [0.2, 0.25) is 5.91 Å². The lowest BCUT2D eigenvalue weighted by Crippen LogP contribution is -2.18. The van der Waals surface area contributed by atoms with Crippen LogP contribution >= 0.6 is 0 Å². The molecule has 2 aromatic rings. The van der Waals surface area contributed by atoms with Crippen LogP contribution in [0.5, 0.6) is 0 Å². The summed E-state index contributed by atoms with van der Waals surface area (Å²) in [6.45, 7) is 6.30. The number of rotatable bonds is 6. The van der Waals surface area contributed by atoms with Crippen molar-refractivity contribution in [2.45, 2.75) is 46.0 Å². The summed E-state index contributed by atoms with van der Waals surface area (Å²) in [6, 6.07) is 3.67. The summed E-state index contributed by atoms with van der Waals surface area (Å²) in [6.07, 6.45) is 6.58. The zero-order valence-electron chi connectivity index (χ0n) is 13.9. The molecule has 6 nitrogen and oxygen atoms in total. The van der Waals surface area contributed by atoms with Crippen LogP contribution in [0.25, 0.3) is 5.95 Å². The minimum Gasteiger partial charge on any atom is -0.310 e. The summed E-state index contributed by atoms with van der Waals surface area (Å²) in [5.74, 6) is 2.13. The van der Waals surface area contributed by atoms with Crippen LogP contribution in [-0.4, -0.2) is 25.7 Å². The predicted octanol–water partition coefficient (Wildman–Crippen LogP) is 3.16. The second-order valence-electron chi connectivity index (χ2n) is 6.45. The fraction of sp³-hybridized carbons (Fsp3) is 0.529. The maximum atomic E-state index is 12.4. The highest BCUT2D eigenvalue weighted by molar-refractivity contribution is 5.94. The minimum atomic E-state index is 0.0795. The normalized spacial score (nSPS) is 19.8. The Morgan fingerprint density at radius 2 is 2.13 bits per heavy atom. The number of nitrogens with one attached hydrogen (secondary N) is 1. The first-order valence-electron chi connectivity index (χ1n) is 8.28. The first kappa shape index (κ1) is 15.6. The Balaban J connectivity index is 1.82. The molecule has 1 N–H and O–H groups in total. The number of carbonyl (C=O) groups excluding carboxylic acids is 1. The second-order valence-corrected chi connectivity index (χ2v) is 6.45. The first-order chi connectivity index (χ1) is 11.1. The van der Waals surface area contributed by atoms with E-state index in [1.165, 1.54) is 0 Å². The predicted molar refractivity (Wildman–Crippen MR) is 88.4 cm³/mol. The van der Waals surface area contributed by atoms with Crippen molar-refractivity contribution in [3.63, 3.8) is 0 Å². The van der Waals surface area contributed by atoms with Crippen molar-refractivity contribution in [2.75, 3.05) is 5.32 Å². The highest BCUT2D eigenvalue weighted by atomic mass is 16.2. The molecule has 0 bridgehead atoms. The molecule has 0 aromatic carbocycles. The molecule has 2 heterocycles. The molecular formula is C17H23N5O. The molecule has 122 valence electrons. The Kier molecular flexibility index (Phi) is 4.41. The number of nitrogens with zero attached hydrogens (tertiary/aromatic N) is 4. The summed E-state index contributed by atoms with van der Waals surface area (Å²) in [5.41, 5.74) is 0.911. The number of carbonyl (C=O) groups is 1. The van der Waals surface area contributed by atoms with E-state index in [9.17, 15) is 4.79 Å². The van der Waals surface area contributed by atoms with Crippen LogP contribution in [0.4, 0.5) is 5.82 Å². The number of hydrogen-bond acceptors (Lipinski definition) is 4. The van der Waals surface area contributed by atoms with Gasteiger partial charge in [-0.25, -0.2) is 9.97 Å². The van der Waals surface area contributed by atoms with Gasteiger partial charge in [-0.1, -0.05) is 27.2 Å². The Morgan fingerprint density at radius 3 is 2.78 bits per heavy atom. The van der Waals surface area contributed by atoms with Crippen molar-refractivity contribution in [3.05, 3.63) is 30.2 Å². The topological polar surface area (TPSA) is 72.7 Å². The molecule has 0 saturated heterocycles. The molecule has 0 radical (unpaired) electrons. The summed E-state index contributed by atoms with van der Waals surface area (Å²) in [4.78, 5) is 20.9. The lowest BCUT2D eigenvalue weighted by molar-refractivity contribution is -0.117. The molecule has 3 rings (SSSR count). The van der Waals surface area contributed by atoms with E-state index < -0.39 is 0 Å². The summed E-state index contributed by atoms with van der Waals surface area (Å²) < 4.78 is 1.62. The maximum absolute atomic E-state index is 12.4. The minimum absolute atomic E-state index is 0.0795. The van der Waals surface area contributed by atoms with Gasteiger partial charge < -0.3 is 5.32 Å². The average molecular weight is 313 g/mol. The van der Waals surface area contributed by atoms with Gasteiger partial charge in [-0.05, 0) is 30.7 Å². The van der Waals surface area contributed by atoms with Gasteiger partial charge >= 0.3 is 0 Å². The van der Waals surface area contributed by atoms with E-state index in [0.717, 1.165) is 25.0 Å². The number of anilines is 1. The van der Waals surface area contributed by atoms with E-state index in [1.807, 2.05) is 6.07 Å². The van der Waals surface area contributed by atoms with Crippen LogP contribution in [-0.2, 0) is 4.79 Å². The van der Waals surface area contributed by atoms with Crippen molar-refractivity contribution in [2.24, 2.45) is 11.8 Å². The standard InChI is InChI=1S/C17H23N5O/c1-4-6-12-9-13(12)16(23)20-15-10-14(11(2)3)21-22(15)17-18-7-5-8-19-17/h5,7-8,10-13H,4,6,9H2,1-3H3,(H,20,23)/t12-,13-/m1/s1. The molecule has 0 spiro atoms. The van der Waals surface area contributed by atoms with Crippen molar-refractivity contribution in [3.8, 4) is 5.95 Å². The summed E-state index contributed by atoms with van der Waals surface area (Å²) >= 11 is 0.